The smallest absolute Gasteiger partial charge is 0.274 e. The molecule has 7 heteroatoms. The maximum atomic E-state index is 12.7. The second-order valence-electron chi connectivity index (χ2n) is 7.32. The fourth-order valence-electron chi connectivity index (χ4n) is 3.67. The number of nitrogens with zero attached hydrogens (tertiary/aromatic N) is 4. The predicted molar refractivity (Wildman–Crippen MR) is 108 cm³/mol. The van der Waals surface area contributed by atoms with E-state index in [-0.39, 0.29) is 5.91 Å². The van der Waals surface area contributed by atoms with Crippen molar-refractivity contribution in [2.24, 2.45) is 0 Å². The molecule has 3 aromatic rings. The third-order valence-electron chi connectivity index (χ3n) is 5.29. The van der Waals surface area contributed by atoms with E-state index in [2.05, 4.69) is 44.1 Å². The average molecular weight is 381 g/mol. The molecule has 1 amide bonds. The van der Waals surface area contributed by atoms with E-state index in [1.807, 2.05) is 25.2 Å². The lowest BCUT2D eigenvalue weighted by Gasteiger charge is -2.27. The Morgan fingerprint density at radius 2 is 2.07 bits per heavy atom. The van der Waals surface area contributed by atoms with Gasteiger partial charge in [-0.3, -0.25) is 14.8 Å². The second-order valence-corrected chi connectivity index (χ2v) is 7.32. The first-order chi connectivity index (χ1) is 13.7. The zero-order chi connectivity index (χ0) is 19.3. The molecule has 1 saturated heterocycles. The molecule has 28 heavy (non-hydrogen) atoms. The van der Waals surface area contributed by atoms with Crippen molar-refractivity contribution in [3.05, 3.63) is 54.0 Å². The Labute approximate surface area is 164 Å². The summed E-state index contributed by atoms with van der Waals surface area (Å²) in [7, 11) is 1.84. The Hall–Kier alpha value is -2.64. The van der Waals surface area contributed by atoms with E-state index in [1.165, 1.54) is 10.9 Å². The van der Waals surface area contributed by atoms with Crippen molar-refractivity contribution in [3.63, 3.8) is 0 Å². The highest BCUT2D eigenvalue weighted by atomic mass is 16.5. The molecule has 4 rings (SSSR count). The predicted octanol–water partition coefficient (Wildman–Crippen LogP) is 2.21. The van der Waals surface area contributed by atoms with Gasteiger partial charge in [-0.2, -0.15) is 5.10 Å². The molecule has 1 aliphatic rings. The number of nitrogens with one attached hydrogen (secondary N) is 1. The Bertz CT molecular complexity index is 926. The van der Waals surface area contributed by atoms with Gasteiger partial charge in [0.25, 0.3) is 5.91 Å². The quantitative estimate of drug-likeness (QED) is 0.681. The Morgan fingerprint density at radius 1 is 1.25 bits per heavy atom. The van der Waals surface area contributed by atoms with Crippen molar-refractivity contribution in [2.45, 2.75) is 13.0 Å². The molecule has 3 heterocycles. The number of H-pyrrole nitrogens is 1. The van der Waals surface area contributed by atoms with Gasteiger partial charge >= 0.3 is 0 Å². The van der Waals surface area contributed by atoms with Gasteiger partial charge in [-0.25, -0.2) is 0 Å². The van der Waals surface area contributed by atoms with Crippen LogP contribution in [0.2, 0.25) is 0 Å². The van der Waals surface area contributed by atoms with Crippen LogP contribution in [0.4, 0.5) is 0 Å². The van der Waals surface area contributed by atoms with Crippen LogP contribution in [0.5, 0.6) is 0 Å². The second kappa shape index (κ2) is 8.58. The lowest BCUT2D eigenvalue weighted by atomic mass is 10.2. The summed E-state index contributed by atoms with van der Waals surface area (Å²) in [6.45, 7) is 5.95. The van der Waals surface area contributed by atoms with Crippen molar-refractivity contribution < 1.29 is 9.53 Å². The molecule has 0 unspecified atom stereocenters. The maximum Gasteiger partial charge on any atom is 0.274 e. The van der Waals surface area contributed by atoms with Gasteiger partial charge in [0.1, 0.15) is 5.69 Å². The molecule has 2 aromatic heterocycles. The number of para-hydroxylation sites is 1. The number of fused-ring (bicyclic) bond motifs is 1. The van der Waals surface area contributed by atoms with Crippen LogP contribution in [0.1, 0.15) is 22.6 Å². The summed E-state index contributed by atoms with van der Waals surface area (Å²) in [6.07, 6.45) is 3.01. The molecular formula is C21H27N5O2. The summed E-state index contributed by atoms with van der Waals surface area (Å²) < 4.78 is 7.52. The molecule has 1 aliphatic heterocycles. The molecule has 1 N–H and O–H groups in total. The van der Waals surface area contributed by atoms with Crippen LogP contribution in [0.3, 0.4) is 0 Å². The van der Waals surface area contributed by atoms with Gasteiger partial charge in [0.2, 0.25) is 0 Å². The summed E-state index contributed by atoms with van der Waals surface area (Å²) in [5.74, 6) is -0.0400. The summed E-state index contributed by atoms with van der Waals surface area (Å²) in [4.78, 5) is 16.8. The Morgan fingerprint density at radius 3 is 2.93 bits per heavy atom. The monoisotopic (exact) mass is 381 g/mol. The lowest BCUT2D eigenvalue weighted by molar-refractivity contribution is 0.0361. The third-order valence-corrected chi connectivity index (χ3v) is 5.29. The number of aromatic nitrogens is 3. The van der Waals surface area contributed by atoms with Crippen LogP contribution in [0, 0.1) is 0 Å². The zero-order valence-electron chi connectivity index (χ0n) is 16.3. The molecule has 7 nitrogen and oxygen atoms in total. The number of hydrogen-bond acceptors (Lipinski definition) is 4. The van der Waals surface area contributed by atoms with Crippen molar-refractivity contribution in [1.82, 2.24) is 24.6 Å². The summed E-state index contributed by atoms with van der Waals surface area (Å²) in [5.41, 5.74) is 2.57. The topological polar surface area (TPSA) is 66.4 Å². The van der Waals surface area contributed by atoms with Gasteiger partial charge in [-0.15, -0.1) is 0 Å². The Balaban J connectivity index is 1.32. The van der Waals surface area contributed by atoms with Crippen LogP contribution in [0.15, 0.2) is 42.6 Å². The molecular weight excluding hydrogens is 354 g/mol. The van der Waals surface area contributed by atoms with E-state index in [0.29, 0.717) is 12.2 Å². The first kappa shape index (κ1) is 18.7. The van der Waals surface area contributed by atoms with Crippen molar-refractivity contribution in [2.75, 3.05) is 46.4 Å². The van der Waals surface area contributed by atoms with Crippen LogP contribution < -0.4 is 0 Å². The van der Waals surface area contributed by atoms with Crippen molar-refractivity contribution in [3.8, 4) is 0 Å². The Kier molecular flexibility index (Phi) is 5.73. The van der Waals surface area contributed by atoms with E-state index in [0.717, 1.165) is 51.5 Å². The maximum absolute atomic E-state index is 12.7. The van der Waals surface area contributed by atoms with Crippen molar-refractivity contribution in [1.29, 1.82) is 0 Å². The number of ether oxygens (including phenoxy) is 1. The number of carbonyl (C=O) groups is 1. The highest BCUT2D eigenvalue weighted by molar-refractivity contribution is 5.92. The molecule has 0 saturated carbocycles. The molecule has 0 spiro atoms. The SMILES string of the molecule is CN(CCCN1CCOCC1)C(=O)c1cc(Cn2ccc3ccccc32)[nH]n1. The van der Waals surface area contributed by atoms with E-state index in [4.69, 9.17) is 4.74 Å². The summed E-state index contributed by atoms with van der Waals surface area (Å²) in [5, 5.41) is 8.46. The molecule has 0 radical (unpaired) electrons. The van der Waals surface area contributed by atoms with Gasteiger partial charge in [-0.05, 0) is 30.0 Å². The number of amides is 1. The van der Waals surface area contributed by atoms with E-state index in [9.17, 15) is 4.79 Å². The van der Waals surface area contributed by atoms with Crippen LogP contribution in [0.25, 0.3) is 10.9 Å². The molecule has 0 atom stereocenters. The average Bonchev–Trinajstić information content (AvgIpc) is 3.36. The highest BCUT2D eigenvalue weighted by Gasteiger charge is 2.16. The largest absolute Gasteiger partial charge is 0.379 e. The molecule has 0 aliphatic carbocycles. The van der Waals surface area contributed by atoms with Crippen LogP contribution in [-0.4, -0.2) is 76.9 Å². The first-order valence-electron chi connectivity index (χ1n) is 9.84. The van der Waals surface area contributed by atoms with Gasteiger partial charge in [0.15, 0.2) is 0 Å². The highest BCUT2D eigenvalue weighted by Crippen LogP contribution is 2.16. The molecule has 0 bridgehead atoms. The number of morpholine rings is 1. The van der Waals surface area contributed by atoms with E-state index in [1.54, 1.807) is 4.90 Å². The van der Waals surface area contributed by atoms with Crippen molar-refractivity contribution >= 4 is 16.8 Å². The minimum Gasteiger partial charge on any atom is -0.379 e. The minimum absolute atomic E-state index is 0.0400. The van der Waals surface area contributed by atoms with Gasteiger partial charge < -0.3 is 14.2 Å². The van der Waals surface area contributed by atoms with Gasteiger partial charge in [-0.1, -0.05) is 18.2 Å². The number of benzene rings is 1. The van der Waals surface area contributed by atoms with E-state index >= 15 is 0 Å². The van der Waals surface area contributed by atoms with Gasteiger partial charge in [0.05, 0.1) is 25.5 Å². The van der Waals surface area contributed by atoms with E-state index < -0.39 is 0 Å². The molecule has 1 fully saturated rings. The molecule has 1 aromatic carbocycles. The summed E-state index contributed by atoms with van der Waals surface area (Å²) >= 11 is 0. The van der Waals surface area contributed by atoms with Gasteiger partial charge in [0, 0.05) is 44.9 Å². The van der Waals surface area contributed by atoms with Crippen LogP contribution in [-0.2, 0) is 11.3 Å². The fraction of sp³-hybridized carbons (Fsp3) is 0.429. The minimum atomic E-state index is -0.0400. The molecule has 148 valence electrons. The number of hydrogen-bond donors (Lipinski definition) is 1. The number of carbonyl (C=O) groups excluding carboxylic acids is 1. The third kappa shape index (κ3) is 4.26. The number of rotatable bonds is 7. The van der Waals surface area contributed by atoms with Crippen LogP contribution >= 0.6 is 0 Å². The standard InChI is InChI=1S/C21H27N5O2/c1-24(8-4-9-25-11-13-28-14-12-25)21(27)19-15-18(22-23-19)16-26-10-7-17-5-2-3-6-20(17)26/h2-3,5-7,10,15H,4,8-9,11-14,16H2,1H3,(H,22,23). The summed E-state index contributed by atoms with van der Waals surface area (Å²) in [6, 6.07) is 12.2. The zero-order valence-corrected chi connectivity index (χ0v) is 16.3. The fourth-order valence-corrected chi connectivity index (χ4v) is 3.67. The lowest BCUT2D eigenvalue weighted by Crippen LogP contribution is -2.38. The number of aromatic amines is 1. The normalized spacial score (nSPS) is 15.2. The first-order valence-corrected chi connectivity index (χ1v) is 9.84.